The molecule has 0 spiro atoms. The molecule has 0 radical (unpaired) electrons. The van der Waals surface area contributed by atoms with Crippen molar-refractivity contribution in [3.05, 3.63) is 29.8 Å². The predicted molar refractivity (Wildman–Crippen MR) is 92.8 cm³/mol. The van der Waals surface area contributed by atoms with E-state index in [9.17, 15) is 9.59 Å². The number of para-hydroxylation sites is 1. The molecule has 1 aliphatic carbocycles. The maximum absolute atomic E-state index is 11.9. The third-order valence-corrected chi connectivity index (χ3v) is 4.10. The Morgan fingerprint density at radius 2 is 1.92 bits per heavy atom. The lowest BCUT2D eigenvalue weighted by atomic mass is 10.2. The van der Waals surface area contributed by atoms with Gasteiger partial charge in [0.25, 0.3) is 0 Å². The SMILES string of the molecule is CCNC(=O)[C@@H](C)NC(=O)NCc1ccccc1OC1CCCC1. The fourth-order valence-corrected chi connectivity index (χ4v) is 2.77. The minimum absolute atomic E-state index is 0.197. The van der Waals surface area contributed by atoms with E-state index in [0.29, 0.717) is 13.1 Å². The largest absolute Gasteiger partial charge is 0.490 e. The summed E-state index contributed by atoms with van der Waals surface area (Å²) in [6.07, 6.45) is 4.88. The highest BCUT2D eigenvalue weighted by atomic mass is 16.5. The average molecular weight is 333 g/mol. The van der Waals surface area contributed by atoms with E-state index in [1.807, 2.05) is 31.2 Å². The minimum atomic E-state index is -0.574. The summed E-state index contributed by atoms with van der Waals surface area (Å²) in [5, 5.41) is 8.08. The van der Waals surface area contributed by atoms with Crippen molar-refractivity contribution < 1.29 is 14.3 Å². The molecule has 1 atom stereocenters. The van der Waals surface area contributed by atoms with Crippen LogP contribution in [0.1, 0.15) is 45.1 Å². The highest BCUT2D eigenvalue weighted by Gasteiger charge is 2.18. The maximum atomic E-state index is 11.9. The standard InChI is InChI=1S/C18H27N3O3/c1-3-19-17(22)13(2)21-18(23)20-12-14-8-4-7-11-16(14)24-15-9-5-6-10-15/h4,7-8,11,13,15H,3,5-6,9-10,12H2,1-2H3,(H,19,22)(H2,20,21,23)/t13-/m1/s1. The summed E-state index contributed by atoms with van der Waals surface area (Å²) in [7, 11) is 0. The van der Waals surface area contributed by atoms with Gasteiger partial charge in [0.15, 0.2) is 0 Å². The molecule has 0 aliphatic heterocycles. The third-order valence-electron chi connectivity index (χ3n) is 4.10. The number of ether oxygens (including phenoxy) is 1. The van der Waals surface area contributed by atoms with Crippen LogP contribution in [0.4, 0.5) is 4.79 Å². The Morgan fingerprint density at radius 1 is 1.21 bits per heavy atom. The zero-order valence-corrected chi connectivity index (χ0v) is 14.4. The fraction of sp³-hybridized carbons (Fsp3) is 0.556. The molecular weight excluding hydrogens is 306 g/mol. The lowest BCUT2D eigenvalue weighted by Gasteiger charge is -2.18. The topological polar surface area (TPSA) is 79.5 Å². The Morgan fingerprint density at radius 3 is 2.62 bits per heavy atom. The molecule has 132 valence electrons. The monoisotopic (exact) mass is 333 g/mol. The number of rotatable bonds is 7. The average Bonchev–Trinajstić information content (AvgIpc) is 3.07. The molecule has 1 aromatic rings. The Hall–Kier alpha value is -2.24. The first-order valence-corrected chi connectivity index (χ1v) is 8.66. The number of amides is 3. The summed E-state index contributed by atoms with van der Waals surface area (Å²) in [5.74, 6) is 0.624. The van der Waals surface area contributed by atoms with Crippen LogP contribution in [0.15, 0.2) is 24.3 Å². The van der Waals surface area contributed by atoms with Crippen LogP contribution in [-0.2, 0) is 11.3 Å². The second-order valence-corrected chi connectivity index (χ2v) is 6.08. The first kappa shape index (κ1) is 18.1. The predicted octanol–water partition coefficient (Wildman–Crippen LogP) is 2.33. The molecule has 6 heteroatoms. The highest BCUT2D eigenvalue weighted by Crippen LogP contribution is 2.26. The highest BCUT2D eigenvalue weighted by molar-refractivity contribution is 5.86. The molecule has 3 amide bonds. The summed E-state index contributed by atoms with van der Waals surface area (Å²) < 4.78 is 6.05. The number of hydrogen-bond donors (Lipinski definition) is 3. The molecule has 24 heavy (non-hydrogen) atoms. The molecule has 0 bridgehead atoms. The number of carbonyl (C=O) groups is 2. The number of likely N-dealkylation sites (N-methyl/N-ethyl adjacent to an activating group) is 1. The van der Waals surface area contributed by atoms with E-state index in [0.717, 1.165) is 24.2 Å². The summed E-state index contributed by atoms with van der Waals surface area (Å²) >= 11 is 0. The normalized spacial score (nSPS) is 15.6. The second kappa shape index (κ2) is 9.15. The Balaban J connectivity index is 1.84. The first-order valence-electron chi connectivity index (χ1n) is 8.66. The number of benzene rings is 1. The Kier molecular flexibility index (Phi) is 6.90. The van der Waals surface area contributed by atoms with Gasteiger partial charge in [-0.1, -0.05) is 18.2 Å². The van der Waals surface area contributed by atoms with Gasteiger partial charge in [-0.2, -0.15) is 0 Å². The lowest BCUT2D eigenvalue weighted by molar-refractivity contribution is -0.122. The van der Waals surface area contributed by atoms with Crippen molar-refractivity contribution >= 4 is 11.9 Å². The van der Waals surface area contributed by atoms with Crippen molar-refractivity contribution in [3.8, 4) is 5.75 Å². The zero-order chi connectivity index (χ0) is 17.4. The van der Waals surface area contributed by atoms with Crippen molar-refractivity contribution in [3.63, 3.8) is 0 Å². The molecule has 6 nitrogen and oxygen atoms in total. The van der Waals surface area contributed by atoms with E-state index in [2.05, 4.69) is 16.0 Å². The van der Waals surface area contributed by atoms with Crippen molar-refractivity contribution in [1.29, 1.82) is 0 Å². The summed E-state index contributed by atoms with van der Waals surface area (Å²) in [6.45, 7) is 4.39. The van der Waals surface area contributed by atoms with Crippen LogP contribution >= 0.6 is 0 Å². The van der Waals surface area contributed by atoms with Crippen LogP contribution in [0.25, 0.3) is 0 Å². The number of hydrogen-bond acceptors (Lipinski definition) is 3. The van der Waals surface area contributed by atoms with Gasteiger partial charge in [-0.3, -0.25) is 4.79 Å². The molecular formula is C18H27N3O3. The maximum Gasteiger partial charge on any atom is 0.315 e. The van der Waals surface area contributed by atoms with Crippen molar-refractivity contribution in [2.24, 2.45) is 0 Å². The summed E-state index contributed by atoms with van der Waals surface area (Å²) in [6, 6.07) is 6.79. The summed E-state index contributed by atoms with van der Waals surface area (Å²) in [5.41, 5.74) is 0.935. The van der Waals surface area contributed by atoms with Crippen LogP contribution in [0, 0.1) is 0 Å². The van der Waals surface area contributed by atoms with Gasteiger partial charge in [-0.15, -0.1) is 0 Å². The van der Waals surface area contributed by atoms with Crippen LogP contribution in [0.5, 0.6) is 5.75 Å². The lowest BCUT2D eigenvalue weighted by Crippen LogP contribution is -2.48. The first-order chi connectivity index (χ1) is 11.6. The van der Waals surface area contributed by atoms with Gasteiger partial charge >= 0.3 is 6.03 Å². The molecule has 1 fully saturated rings. The van der Waals surface area contributed by atoms with Crippen molar-refractivity contribution in [2.45, 2.75) is 58.2 Å². The fourth-order valence-electron chi connectivity index (χ4n) is 2.77. The summed E-state index contributed by atoms with van der Waals surface area (Å²) in [4.78, 5) is 23.6. The quantitative estimate of drug-likeness (QED) is 0.716. The molecule has 1 aliphatic rings. The number of carbonyl (C=O) groups excluding carboxylic acids is 2. The Bertz CT molecular complexity index is 556. The molecule has 1 saturated carbocycles. The molecule has 0 unspecified atom stereocenters. The molecule has 1 aromatic carbocycles. The van der Waals surface area contributed by atoms with Gasteiger partial charge in [0, 0.05) is 18.7 Å². The van der Waals surface area contributed by atoms with E-state index < -0.39 is 6.04 Å². The van der Waals surface area contributed by atoms with E-state index >= 15 is 0 Å². The molecule has 0 aromatic heterocycles. The van der Waals surface area contributed by atoms with Crippen LogP contribution in [0.2, 0.25) is 0 Å². The minimum Gasteiger partial charge on any atom is -0.490 e. The molecule has 3 N–H and O–H groups in total. The number of nitrogens with one attached hydrogen (secondary N) is 3. The second-order valence-electron chi connectivity index (χ2n) is 6.08. The van der Waals surface area contributed by atoms with Crippen LogP contribution in [0.3, 0.4) is 0 Å². The van der Waals surface area contributed by atoms with Crippen molar-refractivity contribution in [2.75, 3.05) is 6.54 Å². The van der Waals surface area contributed by atoms with E-state index in [1.165, 1.54) is 12.8 Å². The van der Waals surface area contributed by atoms with Crippen molar-refractivity contribution in [1.82, 2.24) is 16.0 Å². The third kappa shape index (κ3) is 5.44. The molecule has 0 saturated heterocycles. The van der Waals surface area contributed by atoms with Gasteiger partial charge in [0.1, 0.15) is 11.8 Å². The molecule has 2 rings (SSSR count). The van der Waals surface area contributed by atoms with E-state index in [-0.39, 0.29) is 18.0 Å². The van der Waals surface area contributed by atoms with Crippen LogP contribution < -0.4 is 20.7 Å². The molecule has 0 heterocycles. The van der Waals surface area contributed by atoms with Gasteiger partial charge in [-0.05, 0) is 45.6 Å². The number of urea groups is 1. The smallest absolute Gasteiger partial charge is 0.315 e. The van der Waals surface area contributed by atoms with E-state index in [1.54, 1.807) is 6.92 Å². The van der Waals surface area contributed by atoms with Gasteiger partial charge in [-0.25, -0.2) is 4.79 Å². The van der Waals surface area contributed by atoms with E-state index in [4.69, 9.17) is 4.74 Å². The Labute approximate surface area is 143 Å². The van der Waals surface area contributed by atoms with Gasteiger partial charge < -0.3 is 20.7 Å². The zero-order valence-electron chi connectivity index (χ0n) is 14.4. The van der Waals surface area contributed by atoms with Crippen LogP contribution in [-0.4, -0.2) is 30.6 Å². The van der Waals surface area contributed by atoms with Gasteiger partial charge in [0.05, 0.1) is 6.10 Å². The van der Waals surface area contributed by atoms with Gasteiger partial charge in [0.2, 0.25) is 5.91 Å².